The average molecular weight is 138 g/mol. The van der Waals surface area contributed by atoms with Gasteiger partial charge in [-0.3, -0.25) is 4.79 Å². The number of ketones is 1. The van der Waals surface area contributed by atoms with E-state index in [1.165, 1.54) is 25.7 Å². The van der Waals surface area contributed by atoms with Gasteiger partial charge in [-0.2, -0.15) is 0 Å². The van der Waals surface area contributed by atoms with Crippen LogP contribution in [0, 0.1) is 11.8 Å². The zero-order chi connectivity index (χ0) is 6.97. The van der Waals surface area contributed by atoms with Crippen molar-refractivity contribution in [2.24, 2.45) is 11.8 Å². The Labute approximate surface area is 61.8 Å². The van der Waals surface area contributed by atoms with Gasteiger partial charge in [0.05, 0.1) is 0 Å². The number of carbonyl (C=O) groups is 1. The van der Waals surface area contributed by atoms with E-state index in [1.807, 2.05) is 0 Å². The molecule has 0 atom stereocenters. The van der Waals surface area contributed by atoms with Gasteiger partial charge in [0.25, 0.3) is 0 Å². The van der Waals surface area contributed by atoms with Crippen molar-refractivity contribution in [3.05, 3.63) is 0 Å². The van der Waals surface area contributed by atoms with Crippen molar-refractivity contribution in [1.82, 2.24) is 0 Å². The predicted molar refractivity (Wildman–Crippen MR) is 39.7 cm³/mol. The minimum atomic E-state index is 0.532. The molecule has 0 saturated heterocycles. The number of fused-ring (bicyclic) bond motifs is 4. The first-order valence-corrected chi connectivity index (χ1v) is 4.36. The van der Waals surface area contributed by atoms with Crippen LogP contribution < -0.4 is 0 Å². The second kappa shape index (κ2) is 2.37. The molecule has 56 valence electrons. The van der Waals surface area contributed by atoms with Crippen LogP contribution >= 0.6 is 0 Å². The minimum absolute atomic E-state index is 0.532. The third-order valence-electron chi connectivity index (χ3n) is 3.00. The van der Waals surface area contributed by atoms with Gasteiger partial charge in [0.1, 0.15) is 5.78 Å². The maximum atomic E-state index is 11.1. The quantitative estimate of drug-likeness (QED) is 0.501. The molecule has 0 aromatic heterocycles. The van der Waals surface area contributed by atoms with Crippen molar-refractivity contribution in [2.75, 3.05) is 0 Å². The van der Waals surface area contributed by atoms with E-state index in [2.05, 4.69) is 0 Å². The van der Waals surface area contributed by atoms with Crippen LogP contribution in [0.2, 0.25) is 0 Å². The molecule has 0 aromatic carbocycles. The molecule has 3 saturated carbocycles. The molecule has 0 spiro atoms. The van der Waals surface area contributed by atoms with Crippen LogP contribution in [0.15, 0.2) is 0 Å². The zero-order valence-electron chi connectivity index (χ0n) is 6.31. The van der Waals surface area contributed by atoms with Crippen molar-refractivity contribution in [1.29, 1.82) is 0 Å². The van der Waals surface area contributed by atoms with E-state index in [9.17, 15) is 4.79 Å². The van der Waals surface area contributed by atoms with Crippen molar-refractivity contribution in [2.45, 2.75) is 38.5 Å². The highest BCUT2D eigenvalue weighted by Gasteiger charge is 2.28. The fraction of sp³-hybridized carbons (Fsp3) is 0.889. The molecule has 2 bridgehead atoms. The summed E-state index contributed by atoms with van der Waals surface area (Å²) in [6.07, 6.45) is 7.12. The Morgan fingerprint density at radius 1 is 0.900 bits per heavy atom. The summed E-state index contributed by atoms with van der Waals surface area (Å²) < 4.78 is 0. The molecular weight excluding hydrogens is 124 g/mol. The van der Waals surface area contributed by atoms with Gasteiger partial charge in [0.2, 0.25) is 0 Å². The first-order valence-electron chi connectivity index (χ1n) is 4.36. The van der Waals surface area contributed by atoms with Crippen LogP contribution in [0.25, 0.3) is 0 Å². The van der Waals surface area contributed by atoms with E-state index in [-0.39, 0.29) is 0 Å². The predicted octanol–water partition coefficient (Wildman–Crippen LogP) is 2.16. The second-order valence-electron chi connectivity index (χ2n) is 3.83. The van der Waals surface area contributed by atoms with Crippen molar-refractivity contribution in [3.63, 3.8) is 0 Å². The highest BCUT2D eigenvalue weighted by molar-refractivity contribution is 5.79. The summed E-state index contributed by atoms with van der Waals surface area (Å²) in [5.41, 5.74) is 0. The highest BCUT2D eigenvalue weighted by Crippen LogP contribution is 2.37. The lowest BCUT2D eigenvalue weighted by Crippen LogP contribution is -2.08. The van der Waals surface area contributed by atoms with Gasteiger partial charge in [-0.25, -0.2) is 0 Å². The van der Waals surface area contributed by atoms with Gasteiger partial charge in [-0.1, -0.05) is 0 Å². The van der Waals surface area contributed by atoms with E-state index in [4.69, 9.17) is 0 Å². The second-order valence-corrected chi connectivity index (χ2v) is 3.83. The number of hydrogen-bond donors (Lipinski definition) is 0. The summed E-state index contributed by atoms with van der Waals surface area (Å²) in [5.74, 6) is 2.07. The lowest BCUT2D eigenvalue weighted by atomic mass is 9.84. The summed E-state index contributed by atoms with van der Waals surface area (Å²) in [4.78, 5) is 11.1. The molecule has 0 heterocycles. The van der Waals surface area contributed by atoms with E-state index in [0.717, 1.165) is 24.7 Å². The number of hydrogen-bond acceptors (Lipinski definition) is 1. The van der Waals surface area contributed by atoms with Gasteiger partial charge in [0.15, 0.2) is 0 Å². The third-order valence-corrected chi connectivity index (χ3v) is 3.00. The zero-order valence-corrected chi connectivity index (χ0v) is 6.31. The maximum absolute atomic E-state index is 11.1. The molecule has 3 fully saturated rings. The molecular formula is C9H14O. The average Bonchev–Trinajstić information content (AvgIpc) is 2.17. The SMILES string of the molecule is O=C1CC2CCC(CC2)C1. The molecule has 1 heteroatoms. The molecule has 3 rings (SSSR count). The van der Waals surface area contributed by atoms with Crippen LogP contribution in [-0.2, 0) is 4.79 Å². The van der Waals surface area contributed by atoms with Gasteiger partial charge in [-0.15, -0.1) is 0 Å². The Morgan fingerprint density at radius 2 is 1.30 bits per heavy atom. The lowest BCUT2D eigenvalue weighted by molar-refractivity contribution is -0.119. The summed E-state index contributed by atoms with van der Waals surface area (Å²) >= 11 is 0. The smallest absolute Gasteiger partial charge is 0.133 e. The molecule has 0 amide bonds. The van der Waals surface area contributed by atoms with Crippen LogP contribution in [-0.4, -0.2) is 5.78 Å². The van der Waals surface area contributed by atoms with Crippen molar-refractivity contribution >= 4 is 5.78 Å². The Morgan fingerprint density at radius 3 is 1.70 bits per heavy atom. The Kier molecular flexibility index (Phi) is 1.51. The first kappa shape index (κ1) is 6.38. The molecule has 3 aliphatic carbocycles. The molecule has 0 N–H and O–H groups in total. The topological polar surface area (TPSA) is 17.1 Å². The Bertz CT molecular complexity index is 127. The standard InChI is InChI=1S/C9H14O/c10-9-5-7-1-2-8(6-9)4-3-7/h7-8H,1-6H2. The largest absolute Gasteiger partial charge is 0.300 e. The summed E-state index contributed by atoms with van der Waals surface area (Å²) in [6.45, 7) is 0. The van der Waals surface area contributed by atoms with Crippen LogP contribution in [0.3, 0.4) is 0 Å². The van der Waals surface area contributed by atoms with Gasteiger partial charge >= 0.3 is 0 Å². The number of Topliss-reactive ketones (excluding diaryl/α,β-unsaturated/α-hetero) is 1. The molecule has 0 radical (unpaired) electrons. The minimum Gasteiger partial charge on any atom is -0.300 e. The highest BCUT2D eigenvalue weighted by atomic mass is 16.1. The van der Waals surface area contributed by atoms with Crippen molar-refractivity contribution < 1.29 is 4.79 Å². The van der Waals surface area contributed by atoms with Crippen LogP contribution in [0.5, 0.6) is 0 Å². The molecule has 1 nitrogen and oxygen atoms in total. The van der Waals surface area contributed by atoms with Crippen LogP contribution in [0.4, 0.5) is 0 Å². The summed E-state index contributed by atoms with van der Waals surface area (Å²) in [6, 6.07) is 0. The van der Waals surface area contributed by atoms with Crippen LogP contribution in [0.1, 0.15) is 38.5 Å². The molecule has 0 aliphatic heterocycles. The normalized spacial score (nSPS) is 39.8. The fourth-order valence-corrected chi connectivity index (χ4v) is 2.37. The molecule has 10 heavy (non-hydrogen) atoms. The van der Waals surface area contributed by atoms with Gasteiger partial charge in [-0.05, 0) is 37.5 Å². The Balaban J connectivity index is 2.12. The monoisotopic (exact) mass is 138 g/mol. The third kappa shape index (κ3) is 1.09. The van der Waals surface area contributed by atoms with E-state index >= 15 is 0 Å². The molecule has 3 aliphatic rings. The maximum Gasteiger partial charge on any atom is 0.133 e. The fourth-order valence-electron chi connectivity index (χ4n) is 2.37. The number of rotatable bonds is 0. The van der Waals surface area contributed by atoms with E-state index in [0.29, 0.717) is 5.78 Å². The number of carbonyl (C=O) groups excluding carboxylic acids is 1. The van der Waals surface area contributed by atoms with Crippen molar-refractivity contribution in [3.8, 4) is 0 Å². The van der Waals surface area contributed by atoms with E-state index in [1.54, 1.807) is 0 Å². The summed E-state index contributed by atoms with van der Waals surface area (Å²) in [7, 11) is 0. The summed E-state index contributed by atoms with van der Waals surface area (Å²) in [5, 5.41) is 0. The lowest BCUT2D eigenvalue weighted by Gasteiger charge is -2.21. The molecule has 0 unspecified atom stereocenters. The van der Waals surface area contributed by atoms with Gasteiger partial charge < -0.3 is 0 Å². The molecule has 0 aromatic rings. The van der Waals surface area contributed by atoms with E-state index < -0.39 is 0 Å². The Hall–Kier alpha value is -0.330. The van der Waals surface area contributed by atoms with Gasteiger partial charge in [0, 0.05) is 12.8 Å². The first-order chi connectivity index (χ1) is 4.84.